The van der Waals surface area contributed by atoms with Gasteiger partial charge in [-0.15, -0.1) is 22.7 Å². The van der Waals surface area contributed by atoms with Gasteiger partial charge >= 0.3 is 0 Å². The normalized spacial score (nSPS) is 15.7. The number of sulfonamides is 1. The zero-order valence-electron chi connectivity index (χ0n) is 12.4. The van der Waals surface area contributed by atoms with Crippen LogP contribution in [-0.4, -0.2) is 36.4 Å². The highest BCUT2D eigenvalue weighted by Gasteiger charge is 2.26. The maximum Gasteiger partial charge on any atom is 0.250 e. The summed E-state index contributed by atoms with van der Waals surface area (Å²) >= 11 is 2.88. The number of nitrogens with zero attached hydrogens (tertiary/aromatic N) is 2. The molecule has 0 bridgehead atoms. The number of hydrogen-bond acceptors (Lipinski definition) is 6. The van der Waals surface area contributed by atoms with Crippen molar-refractivity contribution in [1.29, 1.82) is 0 Å². The molecule has 9 heteroatoms. The highest BCUT2D eigenvalue weighted by Crippen LogP contribution is 2.29. The third-order valence-corrected chi connectivity index (χ3v) is 6.42. The zero-order valence-corrected chi connectivity index (χ0v) is 14.8. The summed E-state index contributed by atoms with van der Waals surface area (Å²) in [5, 5.41) is 5.18. The molecule has 3 heterocycles. The summed E-state index contributed by atoms with van der Waals surface area (Å²) in [6, 6.07) is 3.85. The fourth-order valence-corrected chi connectivity index (χ4v) is 4.71. The molecule has 1 aliphatic heterocycles. The Kier molecular flexibility index (Phi) is 4.62. The summed E-state index contributed by atoms with van der Waals surface area (Å²) in [6.07, 6.45) is 4.99. The molecule has 0 fully saturated rings. The summed E-state index contributed by atoms with van der Waals surface area (Å²) in [6.45, 7) is 0.758. The lowest BCUT2D eigenvalue weighted by Gasteiger charge is -2.23. The van der Waals surface area contributed by atoms with E-state index < -0.39 is 10.0 Å². The Morgan fingerprint density at radius 2 is 2.30 bits per heavy atom. The second kappa shape index (κ2) is 6.52. The van der Waals surface area contributed by atoms with Gasteiger partial charge in [-0.05, 0) is 17.5 Å². The van der Waals surface area contributed by atoms with Crippen molar-refractivity contribution in [3.63, 3.8) is 0 Å². The lowest BCUT2D eigenvalue weighted by atomic mass is 10.2. The van der Waals surface area contributed by atoms with Crippen molar-refractivity contribution in [3.8, 4) is 0 Å². The summed E-state index contributed by atoms with van der Waals surface area (Å²) in [5.74, 6) is -0.246. The van der Waals surface area contributed by atoms with Gasteiger partial charge < -0.3 is 0 Å². The van der Waals surface area contributed by atoms with Crippen molar-refractivity contribution in [2.45, 2.75) is 13.0 Å². The second-order valence-electron chi connectivity index (χ2n) is 5.07. The summed E-state index contributed by atoms with van der Waals surface area (Å²) < 4.78 is 24.6. The second-order valence-corrected chi connectivity index (χ2v) is 9.12. The number of amides is 1. The van der Waals surface area contributed by atoms with Gasteiger partial charge in [0.05, 0.1) is 11.9 Å². The van der Waals surface area contributed by atoms with Crippen molar-refractivity contribution in [3.05, 3.63) is 39.0 Å². The van der Waals surface area contributed by atoms with Crippen molar-refractivity contribution >= 4 is 49.8 Å². The molecule has 1 N–H and O–H groups in total. The molecular formula is C14H15N3O3S3. The van der Waals surface area contributed by atoms with Crippen LogP contribution >= 0.6 is 22.7 Å². The maximum absolute atomic E-state index is 11.9. The lowest BCUT2D eigenvalue weighted by Crippen LogP contribution is -2.34. The largest absolute Gasteiger partial charge is 0.298 e. The average molecular weight is 369 g/mol. The lowest BCUT2D eigenvalue weighted by molar-refractivity contribution is -0.111. The van der Waals surface area contributed by atoms with Gasteiger partial charge in [0.1, 0.15) is 0 Å². The molecule has 0 radical (unpaired) electrons. The first-order chi connectivity index (χ1) is 10.9. The van der Waals surface area contributed by atoms with Crippen LogP contribution in [0.1, 0.15) is 15.4 Å². The van der Waals surface area contributed by atoms with Crippen molar-refractivity contribution < 1.29 is 13.2 Å². The first-order valence-electron chi connectivity index (χ1n) is 6.88. The van der Waals surface area contributed by atoms with Crippen LogP contribution in [0.15, 0.2) is 23.6 Å². The fourth-order valence-electron chi connectivity index (χ4n) is 2.20. The molecule has 122 valence electrons. The number of nitrogens with one attached hydrogen (secondary N) is 1. The Labute approximate surface area is 142 Å². The van der Waals surface area contributed by atoms with Crippen LogP contribution in [0.5, 0.6) is 0 Å². The molecule has 2 aromatic heterocycles. The Morgan fingerprint density at radius 1 is 1.48 bits per heavy atom. The third kappa shape index (κ3) is 4.05. The van der Waals surface area contributed by atoms with E-state index in [1.807, 2.05) is 17.5 Å². The number of hydrogen-bond donors (Lipinski definition) is 1. The van der Waals surface area contributed by atoms with Gasteiger partial charge in [0.2, 0.25) is 15.9 Å². The number of aromatic nitrogens is 1. The average Bonchev–Trinajstić information content (AvgIpc) is 3.12. The molecule has 1 aliphatic rings. The first kappa shape index (κ1) is 16.3. The number of thiazole rings is 1. The predicted molar refractivity (Wildman–Crippen MR) is 93.1 cm³/mol. The van der Waals surface area contributed by atoms with Gasteiger partial charge in [-0.1, -0.05) is 6.07 Å². The van der Waals surface area contributed by atoms with E-state index in [2.05, 4.69) is 10.3 Å². The van der Waals surface area contributed by atoms with Gasteiger partial charge in [-0.25, -0.2) is 13.4 Å². The molecule has 6 nitrogen and oxygen atoms in total. The van der Waals surface area contributed by atoms with E-state index in [4.69, 9.17) is 0 Å². The standard InChI is InChI=1S/C14H15N3O3S3/c1-23(19,20)17-7-6-11-12(9-17)22-14(15-11)16-13(18)5-4-10-3-2-8-21-10/h2-5,8H,6-7,9H2,1H3,(H,15,16,18). The monoisotopic (exact) mass is 369 g/mol. The highest BCUT2D eigenvalue weighted by atomic mass is 32.2. The van der Waals surface area contributed by atoms with Crippen LogP contribution < -0.4 is 5.32 Å². The number of anilines is 1. The van der Waals surface area contributed by atoms with Gasteiger partial charge in [-0.2, -0.15) is 4.31 Å². The van der Waals surface area contributed by atoms with Gasteiger partial charge in [0, 0.05) is 35.3 Å². The molecular weight excluding hydrogens is 354 g/mol. The summed E-state index contributed by atoms with van der Waals surface area (Å²) in [5.41, 5.74) is 0.868. The molecule has 0 atom stereocenters. The summed E-state index contributed by atoms with van der Waals surface area (Å²) in [4.78, 5) is 18.2. The number of rotatable bonds is 4. The minimum atomic E-state index is -3.20. The Morgan fingerprint density at radius 3 is 3.00 bits per heavy atom. The topological polar surface area (TPSA) is 79.4 Å². The minimum absolute atomic E-state index is 0.246. The molecule has 0 spiro atoms. The van der Waals surface area contributed by atoms with Gasteiger partial charge in [-0.3, -0.25) is 10.1 Å². The summed E-state index contributed by atoms with van der Waals surface area (Å²) in [7, 11) is -3.20. The quantitative estimate of drug-likeness (QED) is 0.838. The van der Waals surface area contributed by atoms with E-state index in [-0.39, 0.29) is 5.91 Å². The molecule has 1 amide bonds. The van der Waals surface area contributed by atoms with E-state index in [0.717, 1.165) is 15.4 Å². The van der Waals surface area contributed by atoms with Crippen molar-refractivity contribution in [2.75, 3.05) is 18.1 Å². The van der Waals surface area contributed by atoms with Crippen LogP contribution in [0.2, 0.25) is 0 Å². The number of carbonyl (C=O) groups is 1. The molecule has 2 aromatic rings. The molecule has 0 saturated heterocycles. The van der Waals surface area contributed by atoms with E-state index >= 15 is 0 Å². The third-order valence-electron chi connectivity index (χ3n) is 3.34. The Balaban J connectivity index is 1.67. The van der Waals surface area contributed by atoms with Crippen LogP contribution in [0.25, 0.3) is 6.08 Å². The van der Waals surface area contributed by atoms with Crippen LogP contribution in [-0.2, 0) is 27.8 Å². The predicted octanol–water partition coefficient (Wildman–Crippen LogP) is 2.17. The molecule has 0 unspecified atom stereocenters. The van der Waals surface area contributed by atoms with E-state index in [0.29, 0.717) is 24.6 Å². The fraction of sp³-hybridized carbons (Fsp3) is 0.286. The van der Waals surface area contributed by atoms with E-state index in [1.54, 1.807) is 17.4 Å². The Bertz CT molecular complexity index is 838. The smallest absolute Gasteiger partial charge is 0.250 e. The Hall–Kier alpha value is -1.55. The first-order valence-corrected chi connectivity index (χ1v) is 10.4. The molecule has 0 aliphatic carbocycles. The number of thiophene rings is 1. The molecule has 23 heavy (non-hydrogen) atoms. The SMILES string of the molecule is CS(=O)(=O)N1CCc2nc(NC(=O)C=Cc3cccs3)sc2C1. The minimum Gasteiger partial charge on any atom is -0.298 e. The van der Waals surface area contributed by atoms with Crippen molar-refractivity contribution in [1.82, 2.24) is 9.29 Å². The number of fused-ring (bicyclic) bond motifs is 1. The van der Waals surface area contributed by atoms with Crippen LogP contribution in [0.4, 0.5) is 5.13 Å². The van der Waals surface area contributed by atoms with E-state index in [9.17, 15) is 13.2 Å². The number of carbonyl (C=O) groups excluding carboxylic acids is 1. The highest BCUT2D eigenvalue weighted by molar-refractivity contribution is 7.88. The maximum atomic E-state index is 11.9. The van der Waals surface area contributed by atoms with E-state index in [1.165, 1.54) is 28.0 Å². The van der Waals surface area contributed by atoms with Gasteiger partial charge in [0.25, 0.3) is 0 Å². The van der Waals surface area contributed by atoms with Gasteiger partial charge in [0.15, 0.2) is 5.13 Å². The van der Waals surface area contributed by atoms with Crippen LogP contribution in [0.3, 0.4) is 0 Å². The van der Waals surface area contributed by atoms with Crippen molar-refractivity contribution in [2.24, 2.45) is 0 Å². The zero-order chi connectivity index (χ0) is 16.4. The molecule has 3 rings (SSSR count). The molecule has 0 aromatic carbocycles. The molecule has 0 saturated carbocycles. The van der Waals surface area contributed by atoms with Crippen LogP contribution in [0, 0.1) is 0 Å².